The Balaban J connectivity index is 1.75. The quantitative estimate of drug-likeness (QED) is 0.525. The number of fused-ring (bicyclic) bond motifs is 1. The number of carbonyl (C=O) groups excluding carboxylic acids is 1. The van der Waals surface area contributed by atoms with E-state index >= 15 is 0 Å². The molecule has 0 aliphatic heterocycles. The van der Waals surface area contributed by atoms with E-state index in [1.807, 2.05) is 30.3 Å². The number of hydrogen-bond acceptors (Lipinski definition) is 3. The van der Waals surface area contributed by atoms with Crippen LogP contribution >= 0.6 is 0 Å². The molecule has 0 bridgehead atoms. The van der Waals surface area contributed by atoms with Gasteiger partial charge >= 0.3 is 12.1 Å². The standard InChI is InChI=1S/C22H17F3O3/c1-27-21(26)20-18-7-3-2-6-16(18)10-13-19(20)28-14-4-5-15-8-11-17(12-9-15)22(23,24)25/h2-13H,14H2,1H3/b5-4+. The van der Waals surface area contributed by atoms with Crippen molar-refractivity contribution in [3.05, 3.63) is 83.4 Å². The van der Waals surface area contributed by atoms with Crippen molar-refractivity contribution in [1.29, 1.82) is 0 Å². The second-order valence-electron chi connectivity index (χ2n) is 5.98. The summed E-state index contributed by atoms with van der Waals surface area (Å²) in [7, 11) is 1.30. The molecule has 0 radical (unpaired) electrons. The maximum atomic E-state index is 12.6. The second-order valence-corrected chi connectivity index (χ2v) is 5.98. The van der Waals surface area contributed by atoms with Crippen molar-refractivity contribution in [3.63, 3.8) is 0 Å². The van der Waals surface area contributed by atoms with Gasteiger partial charge in [-0.2, -0.15) is 13.2 Å². The van der Waals surface area contributed by atoms with Crippen molar-refractivity contribution in [2.75, 3.05) is 13.7 Å². The molecule has 0 heterocycles. The van der Waals surface area contributed by atoms with Crippen LogP contribution in [0, 0.1) is 0 Å². The number of esters is 1. The summed E-state index contributed by atoms with van der Waals surface area (Å²) in [5.74, 6) is -0.124. The Kier molecular flexibility index (Phi) is 5.68. The van der Waals surface area contributed by atoms with E-state index in [2.05, 4.69) is 0 Å². The molecule has 0 N–H and O–H groups in total. The van der Waals surface area contributed by atoms with Crippen molar-refractivity contribution >= 4 is 22.8 Å². The summed E-state index contributed by atoms with van der Waals surface area (Å²) in [5, 5.41) is 1.61. The van der Waals surface area contributed by atoms with Gasteiger partial charge in [0.25, 0.3) is 0 Å². The molecule has 28 heavy (non-hydrogen) atoms. The highest BCUT2D eigenvalue weighted by Gasteiger charge is 2.29. The number of rotatable bonds is 5. The molecule has 0 spiro atoms. The molecule has 0 aliphatic carbocycles. The van der Waals surface area contributed by atoms with Crippen LogP contribution in [0.4, 0.5) is 13.2 Å². The fraction of sp³-hybridized carbons (Fsp3) is 0.136. The smallest absolute Gasteiger partial charge is 0.416 e. The predicted octanol–water partition coefficient (Wildman–Crippen LogP) is 5.74. The zero-order valence-electron chi connectivity index (χ0n) is 15.0. The molecule has 0 unspecified atom stereocenters. The van der Waals surface area contributed by atoms with Gasteiger partial charge in [-0.25, -0.2) is 4.79 Å². The number of halogens is 3. The first-order chi connectivity index (χ1) is 13.4. The fourth-order valence-electron chi connectivity index (χ4n) is 2.79. The van der Waals surface area contributed by atoms with Crippen LogP contribution in [0.2, 0.25) is 0 Å². The van der Waals surface area contributed by atoms with Crippen LogP contribution in [-0.4, -0.2) is 19.7 Å². The van der Waals surface area contributed by atoms with Crippen molar-refractivity contribution in [2.45, 2.75) is 6.18 Å². The number of hydrogen-bond donors (Lipinski definition) is 0. The number of alkyl halides is 3. The molecule has 0 saturated heterocycles. The summed E-state index contributed by atoms with van der Waals surface area (Å²) in [6.07, 6.45) is -1.04. The van der Waals surface area contributed by atoms with E-state index in [9.17, 15) is 18.0 Å². The highest BCUT2D eigenvalue weighted by Crippen LogP contribution is 2.30. The summed E-state index contributed by atoms with van der Waals surface area (Å²) < 4.78 is 48.3. The fourth-order valence-corrected chi connectivity index (χ4v) is 2.79. The zero-order chi connectivity index (χ0) is 20.1. The van der Waals surface area contributed by atoms with Crippen molar-refractivity contribution in [2.24, 2.45) is 0 Å². The molecule has 0 fully saturated rings. The van der Waals surface area contributed by atoms with E-state index in [-0.39, 0.29) is 6.61 Å². The highest BCUT2D eigenvalue weighted by atomic mass is 19.4. The number of carbonyl (C=O) groups is 1. The SMILES string of the molecule is COC(=O)c1c(OC/C=C/c2ccc(C(F)(F)F)cc2)ccc2ccccc12. The van der Waals surface area contributed by atoms with Crippen LogP contribution in [0.25, 0.3) is 16.8 Å². The lowest BCUT2D eigenvalue weighted by molar-refractivity contribution is -0.137. The van der Waals surface area contributed by atoms with Crippen LogP contribution in [0.5, 0.6) is 5.75 Å². The maximum absolute atomic E-state index is 12.6. The van der Waals surface area contributed by atoms with E-state index < -0.39 is 17.7 Å². The van der Waals surface area contributed by atoms with Gasteiger partial charge in [0.1, 0.15) is 17.9 Å². The van der Waals surface area contributed by atoms with Crippen LogP contribution in [0.3, 0.4) is 0 Å². The average Bonchev–Trinajstić information content (AvgIpc) is 2.70. The van der Waals surface area contributed by atoms with Crippen LogP contribution in [0.1, 0.15) is 21.5 Å². The van der Waals surface area contributed by atoms with Crippen LogP contribution in [-0.2, 0) is 10.9 Å². The van der Waals surface area contributed by atoms with Gasteiger partial charge in [-0.15, -0.1) is 0 Å². The van der Waals surface area contributed by atoms with Crippen molar-refractivity contribution < 1.29 is 27.4 Å². The van der Waals surface area contributed by atoms with E-state index in [1.54, 1.807) is 18.2 Å². The Morgan fingerprint density at radius 3 is 2.39 bits per heavy atom. The maximum Gasteiger partial charge on any atom is 0.416 e. The number of benzene rings is 3. The molecule has 144 valence electrons. The minimum absolute atomic E-state index is 0.142. The van der Waals surface area contributed by atoms with Gasteiger partial charge < -0.3 is 9.47 Å². The Hall–Kier alpha value is -3.28. The molecule has 0 saturated carbocycles. The predicted molar refractivity (Wildman–Crippen MR) is 101 cm³/mol. The molecule has 0 aromatic heterocycles. The topological polar surface area (TPSA) is 35.5 Å². The van der Waals surface area contributed by atoms with Gasteiger partial charge in [-0.05, 0) is 40.6 Å². The minimum Gasteiger partial charge on any atom is -0.489 e. The largest absolute Gasteiger partial charge is 0.489 e. The minimum atomic E-state index is -4.36. The number of methoxy groups -OCH3 is 1. The summed E-state index contributed by atoms with van der Waals surface area (Å²) in [6.45, 7) is 0.142. The Labute approximate surface area is 160 Å². The third-order valence-electron chi connectivity index (χ3n) is 4.16. The monoisotopic (exact) mass is 386 g/mol. The van der Waals surface area contributed by atoms with E-state index in [0.29, 0.717) is 16.9 Å². The first-order valence-electron chi connectivity index (χ1n) is 8.47. The molecule has 6 heteroatoms. The highest BCUT2D eigenvalue weighted by molar-refractivity contribution is 6.07. The second kappa shape index (κ2) is 8.17. The molecule has 3 rings (SSSR count). The van der Waals surface area contributed by atoms with E-state index in [4.69, 9.17) is 9.47 Å². The van der Waals surface area contributed by atoms with Gasteiger partial charge in [0, 0.05) is 0 Å². The molecular formula is C22H17F3O3. The summed E-state index contributed by atoms with van der Waals surface area (Å²) >= 11 is 0. The zero-order valence-corrected chi connectivity index (χ0v) is 15.0. The van der Waals surface area contributed by atoms with Crippen molar-refractivity contribution in [3.8, 4) is 5.75 Å². The molecule has 3 nitrogen and oxygen atoms in total. The first-order valence-corrected chi connectivity index (χ1v) is 8.47. The van der Waals surface area contributed by atoms with Crippen molar-refractivity contribution in [1.82, 2.24) is 0 Å². The summed E-state index contributed by atoms with van der Waals surface area (Å²) in [6, 6.07) is 15.8. The lowest BCUT2D eigenvalue weighted by Gasteiger charge is -2.11. The molecule has 0 aliphatic rings. The normalized spacial score (nSPS) is 11.7. The Morgan fingerprint density at radius 2 is 1.71 bits per heavy atom. The third kappa shape index (κ3) is 4.34. The van der Waals surface area contributed by atoms with E-state index in [0.717, 1.165) is 22.9 Å². The van der Waals surface area contributed by atoms with Gasteiger partial charge in [0.05, 0.1) is 12.7 Å². The molecule has 3 aromatic rings. The Morgan fingerprint density at radius 1 is 1.00 bits per heavy atom. The summed E-state index contributed by atoms with van der Waals surface area (Å²) in [5.41, 5.74) is 0.256. The third-order valence-corrected chi connectivity index (χ3v) is 4.16. The number of ether oxygens (including phenoxy) is 2. The van der Waals surface area contributed by atoms with Crippen LogP contribution in [0.15, 0.2) is 66.7 Å². The molecular weight excluding hydrogens is 369 g/mol. The van der Waals surface area contributed by atoms with Gasteiger partial charge in [-0.1, -0.05) is 48.5 Å². The van der Waals surface area contributed by atoms with Crippen LogP contribution < -0.4 is 4.74 Å². The van der Waals surface area contributed by atoms with E-state index in [1.165, 1.54) is 19.2 Å². The molecule has 0 atom stereocenters. The van der Waals surface area contributed by atoms with Gasteiger partial charge in [0.2, 0.25) is 0 Å². The molecule has 0 amide bonds. The van der Waals surface area contributed by atoms with Gasteiger partial charge in [0.15, 0.2) is 0 Å². The molecule has 3 aromatic carbocycles. The van der Waals surface area contributed by atoms with Gasteiger partial charge in [-0.3, -0.25) is 0 Å². The lowest BCUT2D eigenvalue weighted by atomic mass is 10.0. The summed E-state index contributed by atoms with van der Waals surface area (Å²) in [4.78, 5) is 12.2. The lowest BCUT2D eigenvalue weighted by Crippen LogP contribution is -2.07. The first kappa shape index (κ1) is 19.5. The Bertz CT molecular complexity index is 1010. The average molecular weight is 386 g/mol.